The molecule has 0 fully saturated rings. The number of aromatic nitrogens is 2. The van der Waals surface area contributed by atoms with Gasteiger partial charge in [0.2, 0.25) is 0 Å². The first kappa shape index (κ1) is 16.9. The van der Waals surface area contributed by atoms with Crippen LogP contribution in [0.2, 0.25) is 0 Å². The molecule has 2 rings (SSSR count). The second-order valence-corrected chi connectivity index (χ2v) is 5.56. The maximum atomic E-state index is 12.0. The number of nitrogens with zero attached hydrogens (tertiary/aromatic N) is 2. The Morgan fingerprint density at radius 3 is 2.61 bits per heavy atom. The number of nitrogens with one attached hydrogen (secondary N) is 2. The number of rotatable bonds is 6. The number of ether oxygens (including phenoxy) is 1. The van der Waals surface area contributed by atoms with Gasteiger partial charge in [0.1, 0.15) is 5.75 Å². The van der Waals surface area contributed by atoms with E-state index in [0.717, 1.165) is 29.0 Å². The number of urea groups is 1. The minimum Gasteiger partial charge on any atom is -0.497 e. The number of carbonyl (C=O) groups excluding carboxylic acids is 1. The number of hydrogen-bond acceptors (Lipinski definition) is 3. The highest BCUT2D eigenvalue weighted by Gasteiger charge is 2.13. The summed E-state index contributed by atoms with van der Waals surface area (Å²) in [5, 5.41) is 10.1. The first-order valence-corrected chi connectivity index (χ1v) is 7.67. The Hall–Kier alpha value is -2.50. The fourth-order valence-electron chi connectivity index (χ4n) is 2.48. The molecule has 1 heterocycles. The zero-order valence-corrected chi connectivity index (χ0v) is 14.1. The van der Waals surface area contributed by atoms with Crippen LogP contribution in [0.15, 0.2) is 30.5 Å². The second kappa shape index (κ2) is 7.67. The zero-order valence-electron chi connectivity index (χ0n) is 14.1. The predicted molar refractivity (Wildman–Crippen MR) is 89.6 cm³/mol. The van der Waals surface area contributed by atoms with Gasteiger partial charge < -0.3 is 15.4 Å². The lowest BCUT2D eigenvalue weighted by atomic mass is 10.1. The van der Waals surface area contributed by atoms with Crippen LogP contribution in [0.3, 0.4) is 0 Å². The third-order valence-electron chi connectivity index (χ3n) is 3.72. The Bertz CT molecular complexity index is 649. The Kier molecular flexibility index (Phi) is 5.62. The molecule has 124 valence electrons. The summed E-state index contributed by atoms with van der Waals surface area (Å²) in [5.41, 5.74) is 3.11. The molecule has 0 aliphatic heterocycles. The molecule has 1 aromatic carbocycles. The van der Waals surface area contributed by atoms with Crippen molar-refractivity contribution in [1.29, 1.82) is 0 Å². The average molecular weight is 316 g/mol. The maximum Gasteiger partial charge on any atom is 0.315 e. The van der Waals surface area contributed by atoms with Crippen LogP contribution in [-0.2, 0) is 13.5 Å². The van der Waals surface area contributed by atoms with Gasteiger partial charge in [-0.15, -0.1) is 0 Å². The van der Waals surface area contributed by atoms with Gasteiger partial charge in [0.05, 0.1) is 18.8 Å². The molecule has 2 aromatic rings. The van der Waals surface area contributed by atoms with Crippen molar-refractivity contribution in [2.24, 2.45) is 7.05 Å². The predicted octanol–water partition coefficient (Wildman–Crippen LogP) is 2.34. The van der Waals surface area contributed by atoms with E-state index < -0.39 is 0 Å². The van der Waals surface area contributed by atoms with E-state index in [1.165, 1.54) is 0 Å². The number of hydrogen-bond donors (Lipinski definition) is 2. The van der Waals surface area contributed by atoms with Crippen molar-refractivity contribution in [2.45, 2.75) is 26.3 Å². The van der Waals surface area contributed by atoms with E-state index in [1.54, 1.807) is 11.8 Å². The molecule has 6 nitrogen and oxygen atoms in total. The van der Waals surface area contributed by atoms with Gasteiger partial charge in [0, 0.05) is 25.4 Å². The van der Waals surface area contributed by atoms with Crippen LogP contribution in [0.1, 0.15) is 29.8 Å². The number of amides is 2. The third-order valence-corrected chi connectivity index (χ3v) is 3.72. The molecule has 23 heavy (non-hydrogen) atoms. The van der Waals surface area contributed by atoms with Gasteiger partial charge >= 0.3 is 6.03 Å². The van der Waals surface area contributed by atoms with Crippen molar-refractivity contribution in [3.05, 3.63) is 47.3 Å². The Balaban J connectivity index is 1.77. The molecule has 0 aliphatic rings. The third kappa shape index (κ3) is 4.74. The van der Waals surface area contributed by atoms with Crippen LogP contribution in [0.4, 0.5) is 4.79 Å². The summed E-state index contributed by atoms with van der Waals surface area (Å²) in [4.78, 5) is 12.0. The van der Waals surface area contributed by atoms with Crippen LogP contribution in [0, 0.1) is 6.92 Å². The second-order valence-electron chi connectivity index (χ2n) is 5.56. The van der Waals surface area contributed by atoms with Crippen LogP contribution in [-0.4, -0.2) is 29.5 Å². The standard InChI is InChI=1S/C17H24N4O2/c1-12(16-11-21(3)20-13(16)2)19-17(22)18-10-9-14-5-7-15(23-4)8-6-14/h5-8,11-12H,9-10H2,1-4H3,(H2,18,19,22). The largest absolute Gasteiger partial charge is 0.497 e. The number of carbonyl (C=O) groups is 1. The highest BCUT2D eigenvalue weighted by atomic mass is 16.5. The highest BCUT2D eigenvalue weighted by molar-refractivity contribution is 5.74. The molecular formula is C17H24N4O2. The first-order chi connectivity index (χ1) is 11.0. The van der Waals surface area contributed by atoms with Crippen LogP contribution >= 0.6 is 0 Å². The molecule has 0 saturated carbocycles. The molecular weight excluding hydrogens is 292 g/mol. The molecule has 0 bridgehead atoms. The van der Waals surface area contributed by atoms with Crippen molar-refractivity contribution in [3.63, 3.8) is 0 Å². The number of aryl methyl sites for hydroxylation is 2. The number of methoxy groups -OCH3 is 1. The minimum absolute atomic E-state index is 0.0790. The molecule has 2 N–H and O–H groups in total. The summed E-state index contributed by atoms with van der Waals surface area (Å²) in [7, 11) is 3.52. The van der Waals surface area contributed by atoms with Crippen molar-refractivity contribution in [2.75, 3.05) is 13.7 Å². The van der Waals surface area contributed by atoms with Gasteiger partial charge in [-0.05, 0) is 38.0 Å². The molecule has 0 saturated heterocycles. The van der Waals surface area contributed by atoms with E-state index in [2.05, 4.69) is 15.7 Å². The first-order valence-electron chi connectivity index (χ1n) is 7.67. The van der Waals surface area contributed by atoms with E-state index in [-0.39, 0.29) is 12.1 Å². The molecule has 2 amide bonds. The summed E-state index contributed by atoms with van der Waals surface area (Å²) in [5.74, 6) is 0.833. The Labute approximate surface area is 136 Å². The Morgan fingerprint density at radius 2 is 2.04 bits per heavy atom. The maximum absolute atomic E-state index is 12.0. The summed E-state index contributed by atoms with van der Waals surface area (Å²) in [6, 6.07) is 7.59. The summed E-state index contributed by atoms with van der Waals surface area (Å²) in [6.45, 7) is 4.47. The molecule has 0 radical (unpaired) electrons. The molecule has 1 aromatic heterocycles. The highest BCUT2D eigenvalue weighted by Crippen LogP contribution is 2.15. The summed E-state index contributed by atoms with van der Waals surface area (Å²) >= 11 is 0. The SMILES string of the molecule is COc1ccc(CCNC(=O)NC(C)c2cn(C)nc2C)cc1. The van der Waals surface area contributed by atoms with E-state index in [9.17, 15) is 4.79 Å². The molecule has 6 heteroatoms. The van der Waals surface area contributed by atoms with Crippen LogP contribution < -0.4 is 15.4 Å². The van der Waals surface area contributed by atoms with Gasteiger partial charge in [-0.25, -0.2) is 4.79 Å². The number of benzene rings is 1. The molecule has 1 unspecified atom stereocenters. The molecule has 0 aliphatic carbocycles. The average Bonchev–Trinajstić information content (AvgIpc) is 2.86. The van der Waals surface area contributed by atoms with E-state index in [4.69, 9.17) is 4.74 Å². The zero-order chi connectivity index (χ0) is 16.8. The van der Waals surface area contributed by atoms with E-state index in [0.29, 0.717) is 6.54 Å². The van der Waals surface area contributed by atoms with E-state index in [1.807, 2.05) is 51.4 Å². The molecule has 1 atom stereocenters. The fourth-order valence-corrected chi connectivity index (χ4v) is 2.48. The van der Waals surface area contributed by atoms with Crippen LogP contribution in [0.5, 0.6) is 5.75 Å². The topological polar surface area (TPSA) is 68.2 Å². The summed E-state index contributed by atoms with van der Waals surface area (Å²) < 4.78 is 6.88. The van der Waals surface area contributed by atoms with Crippen molar-refractivity contribution >= 4 is 6.03 Å². The van der Waals surface area contributed by atoms with Gasteiger partial charge in [-0.2, -0.15) is 5.10 Å². The normalized spacial score (nSPS) is 11.8. The van der Waals surface area contributed by atoms with Crippen molar-refractivity contribution < 1.29 is 9.53 Å². The van der Waals surface area contributed by atoms with E-state index >= 15 is 0 Å². The van der Waals surface area contributed by atoms with Crippen molar-refractivity contribution in [3.8, 4) is 5.75 Å². The quantitative estimate of drug-likeness (QED) is 0.859. The van der Waals surface area contributed by atoms with Gasteiger partial charge in [0.15, 0.2) is 0 Å². The van der Waals surface area contributed by atoms with Crippen LogP contribution in [0.25, 0.3) is 0 Å². The lowest BCUT2D eigenvalue weighted by molar-refractivity contribution is 0.238. The lowest BCUT2D eigenvalue weighted by Gasteiger charge is -2.14. The minimum atomic E-state index is -0.172. The fraction of sp³-hybridized carbons (Fsp3) is 0.412. The molecule has 0 spiro atoms. The van der Waals surface area contributed by atoms with Gasteiger partial charge in [-0.1, -0.05) is 12.1 Å². The summed E-state index contributed by atoms with van der Waals surface area (Å²) in [6.07, 6.45) is 2.70. The smallest absolute Gasteiger partial charge is 0.315 e. The lowest BCUT2D eigenvalue weighted by Crippen LogP contribution is -2.38. The van der Waals surface area contributed by atoms with Crippen molar-refractivity contribution in [1.82, 2.24) is 20.4 Å². The Morgan fingerprint density at radius 1 is 1.35 bits per heavy atom. The van der Waals surface area contributed by atoms with Gasteiger partial charge in [-0.3, -0.25) is 4.68 Å². The monoisotopic (exact) mass is 316 g/mol. The van der Waals surface area contributed by atoms with Gasteiger partial charge in [0.25, 0.3) is 0 Å².